The first-order valence-electron chi connectivity index (χ1n) is 8.01. The van der Waals surface area contributed by atoms with Crippen molar-refractivity contribution in [2.75, 3.05) is 11.9 Å². The molecule has 0 spiro atoms. The van der Waals surface area contributed by atoms with Crippen LogP contribution >= 0.6 is 11.6 Å². The number of benzene rings is 2. The summed E-state index contributed by atoms with van der Waals surface area (Å²) in [6.07, 6.45) is 8.29. The maximum Gasteiger partial charge on any atom is 0.254 e. The third-order valence-corrected chi connectivity index (χ3v) is 3.99. The van der Waals surface area contributed by atoms with Gasteiger partial charge >= 0.3 is 0 Å². The van der Waals surface area contributed by atoms with Crippen molar-refractivity contribution in [2.24, 2.45) is 0 Å². The molecule has 6 nitrogen and oxygen atoms in total. The number of terminal acetylenes is 1. The number of aromatic nitrogens is 2. The molecular formula is C20H15ClN4O2. The van der Waals surface area contributed by atoms with E-state index in [2.05, 4.69) is 21.7 Å². The Kier molecular flexibility index (Phi) is 5.55. The smallest absolute Gasteiger partial charge is 0.254 e. The molecule has 7 heteroatoms. The van der Waals surface area contributed by atoms with Crippen LogP contribution in [0.25, 0.3) is 5.69 Å². The van der Waals surface area contributed by atoms with Crippen LogP contribution in [0.5, 0.6) is 0 Å². The summed E-state index contributed by atoms with van der Waals surface area (Å²) in [6, 6.07) is 14.0. The van der Waals surface area contributed by atoms with Gasteiger partial charge in [-0.3, -0.25) is 9.59 Å². The fourth-order valence-corrected chi connectivity index (χ4v) is 2.59. The number of rotatable bonds is 5. The van der Waals surface area contributed by atoms with Gasteiger partial charge in [-0.25, -0.2) is 4.68 Å². The van der Waals surface area contributed by atoms with Crippen LogP contribution in [0.1, 0.15) is 15.9 Å². The van der Waals surface area contributed by atoms with E-state index in [0.29, 0.717) is 27.5 Å². The maximum atomic E-state index is 12.2. The normalized spacial score (nSPS) is 10.1. The summed E-state index contributed by atoms with van der Waals surface area (Å²) < 4.78 is 1.50. The standard InChI is InChI=1S/C20H15ClN4O2/c1-2-14-6-5-7-16(10-14)24-19(26)12-22-20(27)15-11-23-25(13-15)18-9-4-3-8-17(18)21/h1,3-11,13H,12H2,(H,22,27)(H,24,26). The van der Waals surface area contributed by atoms with Crippen LogP contribution in [0.2, 0.25) is 5.02 Å². The molecule has 2 amide bonds. The number of halogens is 1. The summed E-state index contributed by atoms with van der Waals surface area (Å²) in [7, 11) is 0. The van der Waals surface area contributed by atoms with Crippen LogP contribution in [0.3, 0.4) is 0 Å². The molecule has 2 aromatic carbocycles. The quantitative estimate of drug-likeness (QED) is 0.670. The molecule has 1 heterocycles. The van der Waals surface area contributed by atoms with E-state index < -0.39 is 5.91 Å². The van der Waals surface area contributed by atoms with Crippen molar-refractivity contribution in [2.45, 2.75) is 0 Å². The van der Waals surface area contributed by atoms with Gasteiger partial charge in [0.05, 0.1) is 29.0 Å². The molecule has 0 bridgehead atoms. The second-order valence-electron chi connectivity index (χ2n) is 5.58. The zero-order chi connectivity index (χ0) is 19.2. The lowest BCUT2D eigenvalue weighted by atomic mass is 10.2. The number of anilines is 1. The van der Waals surface area contributed by atoms with E-state index in [1.54, 1.807) is 48.7 Å². The number of nitrogens with zero attached hydrogens (tertiary/aromatic N) is 2. The summed E-state index contributed by atoms with van der Waals surface area (Å²) in [5.74, 6) is 1.71. The molecule has 0 unspecified atom stereocenters. The van der Waals surface area contributed by atoms with Gasteiger partial charge in [0.15, 0.2) is 0 Å². The molecule has 0 atom stereocenters. The van der Waals surface area contributed by atoms with Crippen LogP contribution in [0.15, 0.2) is 60.9 Å². The third kappa shape index (κ3) is 4.54. The number of carbonyl (C=O) groups excluding carboxylic acids is 2. The Hall–Kier alpha value is -3.56. The minimum Gasteiger partial charge on any atom is -0.343 e. The van der Waals surface area contributed by atoms with Gasteiger partial charge in [0.2, 0.25) is 5.91 Å². The van der Waals surface area contributed by atoms with E-state index in [0.717, 1.165) is 0 Å². The summed E-state index contributed by atoms with van der Waals surface area (Å²) in [4.78, 5) is 24.2. The molecular weight excluding hydrogens is 364 g/mol. The lowest BCUT2D eigenvalue weighted by Crippen LogP contribution is -2.32. The highest BCUT2D eigenvalue weighted by Gasteiger charge is 2.12. The highest BCUT2D eigenvalue weighted by molar-refractivity contribution is 6.32. The van der Waals surface area contributed by atoms with Crippen molar-refractivity contribution in [3.05, 3.63) is 77.1 Å². The topological polar surface area (TPSA) is 76.0 Å². The molecule has 0 fully saturated rings. The van der Waals surface area contributed by atoms with Gasteiger partial charge < -0.3 is 10.6 Å². The first-order valence-corrected chi connectivity index (χ1v) is 8.39. The Morgan fingerprint density at radius 2 is 2.00 bits per heavy atom. The highest BCUT2D eigenvalue weighted by atomic mass is 35.5. The van der Waals surface area contributed by atoms with E-state index >= 15 is 0 Å². The fraction of sp³-hybridized carbons (Fsp3) is 0.0500. The van der Waals surface area contributed by atoms with Crippen molar-refractivity contribution >= 4 is 29.1 Å². The number of hydrogen-bond donors (Lipinski definition) is 2. The van der Waals surface area contributed by atoms with Crippen molar-refractivity contribution in [1.29, 1.82) is 0 Å². The van der Waals surface area contributed by atoms with E-state index in [1.165, 1.54) is 10.9 Å². The summed E-state index contributed by atoms with van der Waals surface area (Å²) in [6.45, 7) is -0.184. The summed E-state index contributed by atoms with van der Waals surface area (Å²) in [5, 5.41) is 9.87. The van der Waals surface area contributed by atoms with Crippen LogP contribution in [-0.4, -0.2) is 28.1 Å². The molecule has 27 heavy (non-hydrogen) atoms. The number of para-hydroxylation sites is 1. The van der Waals surface area contributed by atoms with E-state index in [1.807, 2.05) is 6.07 Å². The first-order chi connectivity index (χ1) is 13.1. The predicted octanol–water partition coefficient (Wildman–Crippen LogP) is 2.88. The monoisotopic (exact) mass is 378 g/mol. The Bertz CT molecular complexity index is 1040. The molecule has 0 radical (unpaired) electrons. The molecule has 3 rings (SSSR count). The zero-order valence-corrected chi connectivity index (χ0v) is 14.9. The van der Waals surface area contributed by atoms with Gasteiger partial charge in [-0.15, -0.1) is 6.42 Å². The number of amides is 2. The minimum atomic E-state index is -0.416. The summed E-state index contributed by atoms with van der Waals surface area (Å²) in [5.41, 5.74) is 2.20. The lowest BCUT2D eigenvalue weighted by Gasteiger charge is -2.06. The zero-order valence-electron chi connectivity index (χ0n) is 14.1. The van der Waals surface area contributed by atoms with Crippen LogP contribution in [0.4, 0.5) is 5.69 Å². The molecule has 0 aliphatic carbocycles. The Morgan fingerprint density at radius 1 is 1.19 bits per heavy atom. The lowest BCUT2D eigenvalue weighted by molar-refractivity contribution is -0.115. The van der Waals surface area contributed by atoms with Gasteiger partial charge in [0.25, 0.3) is 5.91 Å². The average molecular weight is 379 g/mol. The molecule has 1 aromatic heterocycles. The minimum absolute atomic E-state index is 0.184. The van der Waals surface area contributed by atoms with Gasteiger partial charge in [0.1, 0.15) is 0 Å². The Labute approximate surface area is 161 Å². The maximum absolute atomic E-state index is 12.2. The van der Waals surface area contributed by atoms with Crippen LogP contribution < -0.4 is 10.6 Å². The molecule has 0 saturated heterocycles. The third-order valence-electron chi connectivity index (χ3n) is 3.67. The van der Waals surface area contributed by atoms with Crippen molar-refractivity contribution in [1.82, 2.24) is 15.1 Å². The Morgan fingerprint density at radius 3 is 2.78 bits per heavy atom. The molecule has 0 aliphatic heterocycles. The van der Waals surface area contributed by atoms with Gasteiger partial charge in [-0.1, -0.05) is 35.7 Å². The van der Waals surface area contributed by atoms with E-state index in [9.17, 15) is 9.59 Å². The van der Waals surface area contributed by atoms with Crippen molar-refractivity contribution in [3.8, 4) is 18.0 Å². The second-order valence-corrected chi connectivity index (χ2v) is 5.99. The van der Waals surface area contributed by atoms with Gasteiger partial charge in [-0.05, 0) is 30.3 Å². The predicted molar refractivity (Wildman–Crippen MR) is 104 cm³/mol. The average Bonchev–Trinajstić information content (AvgIpc) is 3.16. The molecule has 134 valence electrons. The number of hydrogen-bond acceptors (Lipinski definition) is 3. The first kappa shape index (κ1) is 18.2. The SMILES string of the molecule is C#Cc1cccc(NC(=O)CNC(=O)c2cnn(-c3ccccc3Cl)c2)c1. The van der Waals surface area contributed by atoms with Crippen molar-refractivity contribution in [3.63, 3.8) is 0 Å². The molecule has 3 aromatic rings. The molecule has 0 aliphatic rings. The fourth-order valence-electron chi connectivity index (χ4n) is 2.36. The van der Waals surface area contributed by atoms with Crippen molar-refractivity contribution < 1.29 is 9.59 Å². The molecule has 0 saturated carbocycles. The molecule has 2 N–H and O–H groups in total. The number of nitrogens with one attached hydrogen (secondary N) is 2. The van der Waals surface area contributed by atoms with Gasteiger partial charge in [-0.2, -0.15) is 5.10 Å². The number of carbonyl (C=O) groups is 2. The van der Waals surface area contributed by atoms with Crippen LogP contribution in [-0.2, 0) is 4.79 Å². The van der Waals surface area contributed by atoms with E-state index in [-0.39, 0.29) is 12.5 Å². The van der Waals surface area contributed by atoms with Crippen LogP contribution in [0, 0.1) is 12.3 Å². The highest BCUT2D eigenvalue weighted by Crippen LogP contribution is 2.19. The second kappa shape index (κ2) is 8.21. The van der Waals surface area contributed by atoms with Gasteiger partial charge in [0, 0.05) is 17.4 Å². The Balaban J connectivity index is 1.59. The largest absolute Gasteiger partial charge is 0.343 e. The summed E-state index contributed by atoms with van der Waals surface area (Å²) >= 11 is 6.12. The van der Waals surface area contributed by atoms with E-state index in [4.69, 9.17) is 18.0 Å².